The van der Waals surface area contributed by atoms with E-state index >= 15 is 0 Å². The number of unbranched alkanes of at least 4 members (excludes halogenated alkanes) is 14. The molecular formula is C42H77N2O6P. The number of quaternary nitrogens is 1. The minimum atomic E-state index is -4.59. The van der Waals surface area contributed by atoms with E-state index in [1.807, 2.05) is 27.2 Å². The number of rotatable bonds is 35. The summed E-state index contributed by atoms with van der Waals surface area (Å²) < 4.78 is 23.0. The Morgan fingerprint density at radius 2 is 1.18 bits per heavy atom. The number of nitrogens with zero attached hydrogens (tertiary/aromatic N) is 1. The fourth-order valence-corrected chi connectivity index (χ4v) is 5.88. The number of carbonyl (C=O) groups excluding carboxylic acids is 1. The van der Waals surface area contributed by atoms with Gasteiger partial charge in [0.05, 0.1) is 39.9 Å². The predicted molar refractivity (Wildman–Crippen MR) is 214 cm³/mol. The summed E-state index contributed by atoms with van der Waals surface area (Å²) in [4.78, 5) is 25.1. The molecule has 0 aliphatic heterocycles. The highest BCUT2D eigenvalue weighted by Gasteiger charge is 2.23. The highest BCUT2D eigenvalue weighted by Crippen LogP contribution is 2.38. The number of hydrogen-bond donors (Lipinski definition) is 2. The predicted octanol–water partition coefficient (Wildman–Crippen LogP) is 10.1. The van der Waals surface area contributed by atoms with Gasteiger partial charge in [0.2, 0.25) is 5.91 Å². The minimum absolute atomic E-state index is 0.0124. The number of likely N-dealkylation sites (N-methyl/N-ethyl adjacent to an activating group) is 1. The molecule has 0 rings (SSSR count). The van der Waals surface area contributed by atoms with Crippen LogP contribution in [0.5, 0.6) is 0 Å². The van der Waals surface area contributed by atoms with Crippen molar-refractivity contribution in [1.29, 1.82) is 0 Å². The van der Waals surface area contributed by atoms with E-state index < -0.39 is 26.6 Å². The van der Waals surface area contributed by atoms with Gasteiger partial charge in [-0.25, -0.2) is 0 Å². The van der Waals surface area contributed by atoms with Crippen molar-refractivity contribution in [2.45, 2.75) is 161 Å². The maximum atomic E-state index is 12.8. The average molecular weight is 737 g/mol. The highest BCUT2D eigenvalue weighted by molar-refractivity contribution is 7.45. The first-order chi connectivity index (χ1) is 24.5. The number of aliphatic hydroxyl groups is 1. The summed E-state index contributed by atoms with van der Waals surface area (Å²) in [5, 5.41) is 13.6. The fourth-order valence-electron chi connectivity index (χ4n) is 5.16. The molecule has 0 heterocycles. The van der Waals surface area contributed by atoms with Crippen LogP contribution in [0, 0.1) is 0 Å². The van der Waals surface area contributed by atoms with Crippen molar-refractivity contribution in [3.05, 3.63) is 60.8 Å². The Morgan fingerprint density at radius 1 is 0.686 bits per heavy atom. The molecule has 0 aromatic rings. The molecule has 51 heavy (non-hydrogen) atoms. The second-order valence-corrected chi connectivity index (χ2v) is 16.0. The van der Waals surface area contributed by atoms with Crippen LogP contribution in [0.3, 0.4) is 0 Å². The summed E-state index contributed by atoms with van der Waals surface area (Å²) in [6.07, 6.45) is 42.8. The molecule has 296 valence electrons. The molecule has 0 saturated carbocycles. The number of allylic oxidation sites excluding steroid dienone is 9. The number of phosphoric acid groups is 1. The average Bonchev–Trinajstić information content (AvgIpc) is 3.07. The normalized spacial score (nSPS) is 15.2. The molecule has 0 aromatic carbocycles. The van der Waals surface area contributed by atoms with E-state index in [2.05, 4.69) is 67.8 Å². The van der Waals surface area contributed by atoms with E-state index in [1.165, 1.54) is 57.8 Å². The fraction of sp³-hybridized carbons (Fsp3) is 0.738. The highest BCUT2D eigenvalue weighted by atomic mass is 31.2. The third-order valence-electron chi connectivity index (χ3n) is 8.45. The maximum Gasteiger partial charge on any atom is 0.268 e. The lowest BCUT2D eigenvalue weighted by atomic mass is 10.1. The van der Waals surface area contributed by atoms with Crippen molar-refractivity contribution < 1.29 is 32.9 Å². The van der Waals surface area contributed by atoms with Gasteiger partial charge >= 0.3 is 0 Å². The maximum absolute atomic E-state index is 12.8. The van der Waals surface area contributed by atoms with Gasteiger partial charge in [0.15, 0.2) is 0 Å². The molecule has 0 radical (unpaired) electrons. The van der Waals surface area contributed by atoms with Gasteiger partial charge in [0, 0.05) is 6.42 Å². The second-order valence-electron chi connectivity index (χ2n) is 14.6. The molecule has 0 spiro atoms. The van der Waals surface area contributed by atoms with Gasteiger partial charge in [-0.2, -0.15) is 0 Å². The Labute approximate surface area is 313 Å². The minimum Gasteiger partial charge on any atom is -0.756 e. The number of aliphatic hydroxyl groups excluding tert-OH is 1. The van der Waals surface area contributed by atoms with E-state index in [0.29, 0.717) is 17.4 Å². The van der Waals surface area contributed by atoms with Gasteiger partial charge < -0.3 is 28.8 Å². The van der Waals surface area contributed by atoms with Gasteiger partial charge in [-0.3, -0.25) is 9.36 Å². The molecule has 0 aliphatic rings. The molecule has 2 N–H and O–H groups in total. The molecule has 8 nitrogen and oxygen atoms in total. The van der Waals surface area contributed by atoms with Gasteiger partial charge in [-0.05, 0) is 64.2 Å². The SMILES string of the molecule is CCCC/C=C/CC/C=C/C(O)C(COP(=O)([O-])OCC[N+](C)(C)C)NC(=O)CCCCCCCC/C=C\C/C=C\C/C=C\CCCCCCC. The first-order valence-corrected chi connectivity index (χ1v) is 21.6. The summed E-state index contributed by atoms with van der Waals surface area (Å²) in [5.41, 5.74) is 0. The van der Waals surface area contributed by atoms with Gasteiger partial charge in [0.1, 0.15) is 13.2 Å². The second kappa shape index (κ2) is 34.0. The van der Waals surface area contributed by atoms with Gasteiger partial charge in [0.25, 0.3) is 7.82 Å². The molecule has 0 bridgehead atoms. The molecule has 1 amide bonds. The van der Waals surface area contributed by atoms with E-state index in [4.69, 9.17) is 9.05 Å². The van der Waals surface area contributed by atoms with Gasteiger partial charge in [-0.15, -0.1) is 0 Å². The van der Waals surface area contributed by atoms with Crippen molar-refractivity contribution >= 4 is 13.7 Å². The van der Waals surface area contributed by atoms with E-state index in [9.17, 15) is 19.4 Å². The van der Waals surface area contributed by atoms with Gasteiger partial charge in [-0.1, -0.05) is 139 Å². The molecule has 0 fully saturated rings. The summed E-state index contributed by atoms with van der Waals surface area (Å²) in [6.45, 7) is 4.49. The van der Waals surface area contributed by atoms with E-state index in [1.54, 1.807) is 6.08 Å². The summed E-state index contributed by atoms with van der Waals surface area (Å²) >= 11 is 0. The third-order valence-corrected chi connectivity index (χ3v) is 9.41. The molecular weight excluding hydrogens is 659 g/mol. The number of carbonyl (C=O) groups is 1. The monoisotopic (exact) mass is 737 g/mol. The number of amides is 1. The lowest BCUT2D eigenvalue weighted by molar-refractivity contribution is -0.870. The van der Waals surface area contributed by atoms with Crippen LogP contribution >= 0.6 is 7.82 Å². The van der Waals surface area contributed by atoms with Crippen LogP contribution in [0.15, 0.2) is 60.8 Å². The van der Waals surface area contributed by atoms with Crippen LogP contribution < -0.4 is 10.2 Å². The first-order valence-electron chi connectivity index (χ1n) is 20.2. The molecule has 3 unspecified atom stereocenters. The Morgan fingerprint density at radius 3 is 1.78 bits per heavy atom. The van der Waals surface area contributed by atoms with Crippen molar-refractivity contribution in [3.8, 4) is 0 Å². The summed E-state index contributed by atoms with van der Waals surface area (Å²) in [7, 11) is 1.22. The van der Waals surface area contributed by atoms with Crippen LogP contribution in [0.4, 0.5) is 0 Å². The van der Waals surface area contributed by atoms with Crippen LogP contribution in [0.1, 0.15) is 149 Å². The topological polar surface area (TPSA) is 108 Å². The van der Waals surface area contributed by atoms with Crippen molar-refractivity contribution in [2.75, 3.05) is 40.9 Å². The Hall–Kier alpha value is -1.80. The first kappa shape index (κ1) is 49.2. The summed E-state index contributed by atoms with van der Waals surface area (Å²) in [6, 6.07) is -0.909. The zero-order valence-corrected chi connectivity index (χ0v) is 34.2. The zero-order valence-electron chi connectivity index (χ0n) is 33.3. The van der Waals surface area contributed by atoms with E-state index in [0.717, 1.165) is 70.6 Å². The smallest absolute Gasteiger partial charge is 0.268 e. The number of phosphoric ester groups is 1. The number of nitrogens with one attached hydrogen (secondary N) is 1. The molecule has 0 saturated heterocycles. The van der Waals surface area contributed by atoms with Crippen LogP contribution in [-0.2, 0) is 18.4 Å². The Bertz CT molecular complexity index is 1020. The van der Waals surface area contributed by atoms with Crippen LogP contribution in [0.25, 0.3) is 0 Å². The Kier molecular flexibility index (Phi) is 32.8. The number of hydrogen-bond acceptors (Lipinski definition) is 6. The molecule has 9 heteroatoms. The summed E-state index contributed by atoms with van der Waals surface area (Å²) in [5.74, 6) is -0.227. The standard InChI is InChI=1S/C42H77N2O6P/c1-6-8-10-12-14-16-17-18-19-20-21-22-23-24-25-26-27-28-30-32-34-36-42(46)43-40(39-50-51(47,48)49-38-37-44(3,4)5)41(45)35-33-31-29-15-13-11-9-7-2/h13,15,17-18,20-21,23-24,33,35,40-41,45H,6-12,14,16,19,22,25-32,34,36-39H2,1-5H3,(H-,43,46,47,48)/b15-13+,18-17-,21-20-,24-23-,35-33+. The third kappa shape index (κ3) is 36.4. The molecule has 3 atom stereocenters. The van der Waals surface area contributed by atoms with Crippen LogP contribution in [-0.4, -0.2) is 68.5 Å². The van der Waals surface area contributed by atoms with E-state index in [-0.39, 0.29) is 12.5 Å². The quantitative estimate of drug-likeness (QED) is 0.0290. The lowest BCUT2D eigenvalue weighted by Gasteiger charge is -2.29. The zero-order chi connectivity index (χ0) is 37.9. The van der Waals surface area contributed by atoms with Crippen molar-refractivity contribution in [1.82, 2.24) is 5.32 Å². The Balaban J connectivity index is 4.38. The van der Waals surface area contributed by atoms with Crippen molar-refractivity contribution in [2.24, 2.45) is 0 Å². The van der Waals surface area contributed by atoms with Crippen molar-refractivity contribution in [3.63, 3.8) is 0 Å². The largest absolute Gasteiger partial charge is 0.756 e. The molecule has 0 aromatic heterocycles. The lowest BCUT2D eigenvalue weighted by Crippen LogP contribution is -2.45. The van der Waals surface area contributed by atoms with Crippen LogP contribution in [0.2, 0.25) is 0 Å². The molecule has 0 aliphatic carbocycles.